The maximum Gasteiger partial charge on any atom is 0.228 e. The molecule has 1 aromatic carbocycles. The minimum Gasteiger partial charge on any atom is -0.502 e. The summed E-state index contributed by atoms with van der Waals surface area (Å²) in [6, 6.07) is 1.68. The van der Waals surface area contributed by atoms with Crippen LogP contribution in [0.25, 0.3) is 0 Å². The number of ether oxygens (including phenoxy) is 5. The lowest BCUT2D eigenvalue weighted by Gasteiger charge is -2.29. The van der Waals surface area contributed by atoms with Gasteiger partial charge in [-0.2, -0.15) is 0 Å². The van der Waals surface area contributed by atoms with Crippen molar-refractivity contribution >= 4 is 11.6 Å². The van der Waals surface area contributed by atoms with Crippen LogP contribution in [-0.4, -0.2) is 51.7 Å². The second kappa shape index (κ2) is 7.22. The third-order valence-corrected chi connectivity index (χ3v) is 4.60. The van der Waals surface area contributed by atoms with Gasteiger partial charge in [-0.1, -0.05) is 0 Å². The number of phenols is 1. The zero-order valence-electron chi connectivity index (χ0n) is 15.5. The summed E-state index contributed by atoms with van der Waals surface area (Å²) in [6.45, 7) is 0.111. The molecule has 1 aromatic rings. The normalized spacial score (nSPS) is 19.1. The monoisotopic (exact) mass is 376 g/mol. The van der Waals surface area contributed by atoms with E-state index in [4.69, 9.17) is 23.7 Å². The molecule has 8 nitrogen and oxygen atoms in total. The minimum absolute atomic E-state index is 0.111. The van der Waals surface area contributed by atoms with Crippen molar-refractivity contribution in [3.05, 3.63) is 34.8 Å². The van der Waals surface area contributed by atoms with Crippen molar-refractivity contribution in [1.82, 2.24) is 0 Å². The van der Waals surface area contributed by atoms with Gasteiger partial charge in [0.1, 0.15) is 0 Å². The number of fused-ring (bicyclic) bond motifs is 1. The maximum absolute atomic E-state index is 12.7. The quantitative estimate of drug-likeness (QED) is 0.773. The molecule has 0 aromatic heterocycles. The van der Waals surface area contributed by atoms with Crippen LogP contribution in [-0.2, 0) is 25.5 Å². The summed E-state index contributed by atoms with van der Waals surface area (Å²) in [6.07, 6.45) is 1.62. The zero-order chi connectivity index (χ0) is 19.7. The van der Waals surface area contributed by atoms with E-state index in [1.54, 1.807) is 6.07 Å². The molecule has 1 aliphatic heterocycles. The molecule has 0 spiro atoms. The lowest BCUT2D eigenvalue weighted by Crippen LogP contribution is -2.31. The molecular weight excluding hydrogens is 356 g/mol. The van der Waals surface area contributed by atoms with Crippen molar-refractivity contribution in [2.45, 2.75) is 6.42 Å². The van der Waals surface area contributed by atoms with Gasteiger partial charge in [0.2, 0.25) is 34.6 Å². The van der Waals surface area contributed by atoms with Crippen LogP contribution >= 0.6 is 0 Å². The number of hydrogen-bond donors (Lipinski definition) is 1. The second-order valence-corrected chi connectivity index (χ2v) is 6.02. The predicted octanol–water partition coefficient (Wildman–Crippen LogP) is 1.54. The molecule has 27 heavy (non-hydrogen) atoms. The molecule has 8 heteroatoms. The van der Waals surface area contributed by atoms with Crippen molar-refractivity contribution in [3.8, 4) is 23.0 Å². The Kier molecular flexibility index (Phi) is 4.98. The van der Waals surface area contributed by atoms with E-state index in [0.717, 1.165) is 0 Å². The number of methoxy groups -OCH3 is 4. The fraction of sp³-hybridized carbons (Fsp3) is 0.368. The number of phenolic OH excluding ortho intramolecular Hbond substituents is 1. The Morgan fingerprint density at radius 2 is 1.74 bits per heavy atom. The van der Waals surface area contributed by atoms with Crippen LogP contribution < -0.4 is 14.2 Å². The molecule has 1 heterocycles. The molecule has 2 aliphatic rings. The summed E-state index contributed by atoms with van der Waals surface area (Å²) in [5, 5.41) is 10.4. The predicted molar refractivity (Wildman–Crippen MR) is 93.0 cm³/mol. The largest absolute Gasteiger partial charge is 0.502 e. The fourth-order valence-electron chi connectivity index (χ4n) is 3.33. The van der Waals surface area contributed by atoms with Crippen LogP contribution in [0.1, 0.15) is 5.56 Å². The van der Waals surface area contributed by atoms with Gasteiger partial charge in [0, 0.05) is 17.1 Å². The Labute approximate surface area is 155 Å². The van der Waals surface area contributed by atoms with Crippen LogP contribution in [0, 0.1) is 5.92 Å². The van der Waals surface area contributed by atoms with Crippen LogP contribution in [0.3, 0.4) is 0 Å². The molecule has 0 radical (unpaired) electrons. The highest BCUT2D eigenvalue weighted by atomic mass is 16.5. The summed E-state index contributed by atoms with van der Waals surface area (Å²) in [4.78, 5) is 25.0. The third kappa shape index (κ3) is 2.97. The highest BCUT2D eigenvalue weighted by Crippen LogP contribution is 2.48. The molecule has 0 saturated carbocycles. The van der Waals surface area contributed by atoms with Gasteiger partial charge in [0.15, 0.2) is 11.5 Å². The van der Waals surface area contributed by atoms with E-state index in [-0.39, 0.29) is 40.9 Å². The van der Waals surface area contributed by atoms with Gasteiger partial charge in [-0.05, 0) is 18.6 Å². The first-order valence-corrected chi connectivity index (χ1v) is 8.19. The van der Waals surface area contributed by atoms with Gasteiger partial charge in [-0.25, -0.2) is 0 Å². The summed E-state index contributed by atoms with van der Waals surface area (Å²) < 4.78 is 26.2. The first kappa shape index (κ1) is 18.6. The topological polar surface area (TPSA) is 101 Å². The van der Waals surface area contributed by atoms with Crippen LogP contribution in [0.5, 0.6) is 23.0 Å². The van der Waals surface area contributed by atoms with Crippen LogP contribution in [0.15, 0.2) is 29.2 Å². The molecule has 0 saturated heterocycles. The first-order valence-electron chi connectivity index (χ1n) is 8.19. The number of Topliss-reactive ketones (excluding diaryl/α,β-unsaturated/α-hetero) is 1. The van der Waals surface area contributed by atoms with Crippen molar-refractivity contribution in [3.63, 3.8) is 0 Å². The molecule has 0 amide bonds. The Morgan fingerprint density at radius 1 is 1.04 bits per heavy atom. The van der Waals surface area contributed by atoms with E-state index in [2.05, 4.69) is 0 Å². The van der Waals surface area contributed by atoms with Gasteiger partial charge in [0.25, 0.3) is 0 Å². The van der Waals surface area contributed by atoms with Crippen LogP contribution in [0.4, 0.5) is 0 Å². The van der Waals surface area contributed by atoms with Gasteiger partial charge >= 0.3 is 0 Å². The molecule has 0 fully saturated rings. The smallest absolute Gasteiger partial charge is 0.228 e. The highest BCUT2D eigenvalue weighted by molar-refractivity contribution is 6.21. The summed E-state index contributed by atoms with van der Waals surface area (Å²) >= 11 is 0. The molecule has 144 valence electrons. The van der Waals surface area contributed by atoms with E-state index in [0.29, 0.717) is 17.7 Å². The number of aromatic hydroxyl groups is 1. The first-order chi connectivity index (χ1) is 13.0. The van der Waals surface area contributed by atoms with Gasteiger partial charge in [0.05, 0.1) is 35.0 Å². The lowest BCUT2D eigenvalue weighted by molar-refractivity contribution is -0.121. The van der Waals surface area contributed by atoms with Crippen molar-refractivity contribution in [1.29, 1.82) is 0 Å². The van der Waals surface area contributed by atoms with Crippen molar-refractivity contribution in [2.24, 2.45) is 5.92 Å². The van der Waals surface area contributed by atoms with E-state index >= 15 is 0 Å². The van der Waals surface area contributed by atoms with Gasteiger partial charge in [-0.3, -0.25) is 9.59 Å². The number of ketones is 2. The van der Waals surface area contributed by atoms with E-state index in [1.807, 2.05) is 0 Å². The Balaban J connectivity index is 1.96. The highest BCUT2D eigenvalue weighted by Gasteiger charge is 2.37. The summed E-state index contributed by atoms with van der Waals surface area (Å²) in [5.74, 6) is -0.864. The number of carbonyl (C=O) groups is 2. The Hall–Kier alpha value is -3.16. The number of hydrogen-bond acceptors (Lipinski definition) is 8. The molecule has 1 N–H and O–H groups in total. The second-order valence-electron chi connectivity index (χ2n) is 6.02. The number of carbonyl (C=O) groups excluding carboxylic acids is 2. The fourth-order valence-corrected chi connectivity index (χ4v) is 3.33. The van der Waals surface area contributed by atoms with E-state index in [9.17, 15) is 14.7 Å². The number of rotatable bonds is 5. The molecular formula is C19H20O8. The van der Waals surface area contributed by atoms with Crippen molar-refractivity contribution in [2.75, 3.05) is 35.0 Å². The maximum atomic E-state index is 12.7. The number of allylic oxidation sites excluding steroid dienone is 2. The Morgan fingerprint density at radius 3 is 2.33 bits per heavy atom. The molecule has 0 unspecified atom stereocenters. The Bertz CT molecular complexity index is 865. The van der Waals surface area contributed by atoms with Gasteiger partial charge in [-0.15, -0.1) is 0 Å². The molecule has 3 rings (SSSR count). The molecule has 1 aliphatic carbocycles. The molecule has 0 bridgehead atoms. The average molecular weight is 376 g/mol. The van der Waals surface area contributed by atoms with Crippen molar-refractivity contribution < 1.29 is 38.4 Å². The van der Waals surface area contributed by atoms with Crippen LogP contribution in [0.2, 0.25) is 0 Å². The van der Waals surface area contributed by atoms with E-state index in [1.165, 1.54) is 34.5 Å². The minimum atomic E-state index is -0.440. The average Bonchev–Trinajstić information content (AvgIpc) is 2.68. The summed E-state index contributed by atoms with van der Waals surface area (Å²) in [7, 11) is 5.49. The lowest BCUT2D eigenvalue weighted by atomic mass is 9.84. The molecule has 1 atom stereocenters. The zero-order valence-corrected chi connectivity index (χ0v) is 15.5. The van der Waals surface area contributed by atoms with E-state index < -0.39 is 17.5 Å². The third-order valence-electron chi connectivity index (χ3n) is 4.60. The number of benzene rings is 1. The standard InChI is InChI=1S/C19H20O8/c1-23-13-6-9-5-10(8-27-16(9)15(22)18(13)25-3)11-7-12(20)17(24-2)19(26-4)14(11)21/h6-7,10,22H,5,8H2,1-4H3/t10-/m1/s1. The SMILES string of the molecule is COC1=C(OC)C(=O)C([C@H]2COc3c(cc(OC)c(OC)c3O)C2)=CC1=O. The van der Waals surface area contributed by atoms with Gasteiger partial charge < -0.3 is 28.8 Å². The summed E-state index contributed by atoms with van der Waals surface area (Å²) in [5.41, 5.74) is 0.917.